The Bertz CT molecular complexity index is 3250. The summed E-state index contributed by atoms with van der Waals surface area (Å²) in [4.78, 5) is 2.62. The number of nitrogens with zero attached hydrogens (tertiary/aromatic N) is 1. The second-order valence-electron chi connectivity index (χ2n) is 16.5. The lowest BCUT2D eigenvalue weighted by molar-refractivity contribution is 0.590. The smallest absolute Gasteiger partial charge is 0.248 e. The molecule has 0 N–H and O–H groups in total. The summed E-state index contributed by atoms with van der Waals surface area (Å²) in [7, 11) is 0. The minimum atomic E-state index is 0.00198. The Morgan fingerprint density at radius 3 is 1.88 bits per heavy atom. The van der Waals surface area contributed by atoms with E-state index < -0.39 is 0 Å². The summed E-state index contributed by atoms with van der Waals surface area (Å²) in [6, 6.07) is 62.2. The molecule has 0 bridgehead atoms. The average Bonchev–Trinajstić information content (AvgIpc) is 3.90. The van der Waals surface area contributed by atoms with Crippen LogP contribution in [0, 0.1) is 0 Å². The summed E-state index contributed by atoms with van der Waals surface area (Å²) in [6.07, 6.45) is 0. The van der Waals surface area contributed by atoms with Crippen LogP contribution in [0.4, 0.5) is 17.1 Å². The number of fused-ring (bicyclic) bond motifs is 11. The van der Waals surface area contributed by atoms with Crippen molar-refractivity contribution in [2.45, 2.75) is 26.2 Å². The van der Waals surface area contributed by atoms with Crippen molar-refractivity contribution in [2.75, 3.05) is 4.90 Å². The molecule has 0 atom stereocenters. The summed E-state index contributed by atoms with van der Waals surface area (Å²) in [5.74, 6) is 0. The second kappa shape index (κ2) is 11.8. The average molecular weight is 750 g/mol. The first-order valence-corrected chi connectivity index (χ1v) is 21.2. The van der Waals surface area contributed by atoms with E-state index in [4.69, 9.17) is 0 Å². The Morgan fingerprint density at radius 2 is 1.09 bits per heavy atom. The molecule has 0 saturated heterocycles. The fraction of sp³-hybridized carbons (Fsp3) is 0.0769. The lowest BCUT2D eigenvalue weighted by atomic mass is 9.37. The van der Waals surface area contributed by atoms with Gasteiger partial charge in [0.05, 0.1) is 5.69 Å². The summed E-state index contributed by atoms with van der Waals surface area (Å²) in [6.45, 7) is 7.09. The molecular formula is C52H36BNS2. The van der Waals surface area contributed by atoms with Crippen molar-refractivity contribution in [3.05, 3.63) is 169 Å². The van der Waals surface area contributed by atoms with Crippen LogP contribution < -0.4 is 21.3 Å². The van der Waals surface area contributed by atoms with Crippen molar-refractivity contribution in [3.63, 3.8) is 0 Å². The van der Waals surface area contributed by atoms with Crippen LogP contribution in [0.25, 0.3) is 73.7 Å². The Labute approximate surface area is 335 Å². The maximum atomic E-state index is 2.62. The molecule has 0 unspecified atom stereocenters. The van der Waals surface area contributed by atoms with Gasteiger partial charge >= 0.3 is 0 Å². The van der Waals surface area contributed by atoms with Gasteiger partial charge in [-0.2, -0.15) is 0 Å². The van der Waals surface area contributed by atoms with Gasteiger partial charge in [-0.3, -0.25) is 0 Å². The van der Waals surface area contributed by atoms with E-state index in [9.17, 15) is 0 Å². The van der Waals surface area contributed by atoms with Crippen LogP contribution in [0.1, 0.15) is 26.3 Å². The number of thiophene rings is 2. The molecule has 0 amide bonds. The highest BCUT2D eigenvalue weighted by molar-refractivity contribution is 7.26. The van der Waals surface area contributed by atoms with E-state index in [0.29, 0.717) is 0 Å². The van der Waals surface area contributed by atoms with Crippen molar-refractivity contribution in [3.8, 4) is 33.4 Å². The highest BCUT2D eigenvalue weighted by Gasteiger charge is 2.43. The summed E-state index contributed by atoms with van der Waals surface area (Å²) in [5.41, 5.74) is 16.9. The maximum Gasteiger partial charge on any atom is 0.248 e. The van der Waals surface area contributed by atoms with Gasteiger partial charge in [0, 0.05) is 57.3 Å². The van der Waals surface area contributed by atoms with E-state index >= 15 is 0 Å². The lowest BCUT2D eigenvalue weighted by Gasteiger charge is -2.38. The van der Waals surface area contributed by atoms with Gasteiger partial charge in [-0.25, -0.2) is 0 Å². The molecule has 1 nitrogen and oxygen atoms in total. The van der Waals surface area contributed by atoms with Gasteiger partial charge in [-0.1, -0.05) is 129 Å². The van der Waals surface area contributed by atoms with Crippen molar-refractivity contribution in [1.82, 2.24) is 0 Å². The molecule has 4 heterocycles. The molecule has 2 aliphatic rings. The third-order valence-electron chi connectivity index (χ3n) is 12.2. The molecule has 8 aromatic carbocycles. The Balaban J connectivity index is 1.20. The molecular weight excluding hydrogens is 714 g/mol. The van der Waals surface area contributed by atoms with E-state index in [0.717, 1.165) is 0 Å². The number of hydrogen-bond acceptors (Lipinski definition) is 3. The van der Waals surface area contributed by atoms with Gasteiger partial charge in [-0.05, 0) is 110 Å². The predicted octanol–water partition coefficient (Wildman–Crippen LogP) is 13.3. The number of rotatable bonds is 3. The molecule has 264 valence electrons. The zero-order chi connectivity index (χ0) is 37.3. The molecule has 2 aromatic heterocycles. The monoisotopic (exact) mass is 749 g/mol. The molecule has 12 rings (SSSR count). The van der Waals surface area contributed by atoms with Crippen LogP contribution in [0.5, 0.6) is 0 Å². The normalized spacial score (nSPS) is 13.2. The minimum Gasteiger partial charge on any atom is -0.311 e. The van der Waals surface area contributed by atoms with Gasteiger partial charge in [0.25, 0.3) is 0 Å². The third-order valence-corrected chi connectivity index (χ3v) is 14.5. The summed E-state index contributed by atoms with van der Waals surface area (Å²) >= 11 is 3.79. The van der Waals surface area contributed by atoms with Gasteiger partial charge in [0.15, 0.2) is 0 Å². The fourth-order valence-corrected chi connectivity index (χ4v) is 11.8. The highest BCUT2D eigenvalue weighted by atomic mass is 32.1. The van der Waals surface area contributed by atoms with Crippen molar-refractivity contribution in [1.29, 1.82) is 0 Å². The number of hydrogen-bond donors (Lipinski definition) is 0. The van der Waals surface area contributed by atoms with Crippen LogP contribution in [0.3, 0.4) is 0 Å². The minimum absolute atomic E-state index is 0.00198. The first kappa shape index (κ1) is 32.3. The van der Waals surface area contributed by atoms with Crippen molar-refractivity contribution < 1.29 is 0 Å². The van der Waals surface area contributed by atoms with Gasteiger partial charge in [0.2, 0.25) is 6.71 Å². The molecule has 0 aliphatic carbocycles. The third kappa shape index (κ3) is 4.67. The molecule has 56 heavy (non-hydrogen) atoms. The molecule has 4 heteroatoms. The molecule has 0 spiro atoms. The second-order valence-corrected chi connectivity index (χ2v) is 18.6. The van der Waals surface area contributed by atoms with E-state index in [1.54, 1.807) is 0 Å². The van der Waals surface area contributed by atoms with Crippen molar-refractivity contribution in [2.24, 2.45) is 0 Å². The standard InChI is InChI=1S/C52H36BNS2/c1-52(2,3)34-22-23-44(38(28-34)31-13-5-4-6-14-31)54-45-29-40-37-17-9-12-20-48(37)56-50(40)30-43(45)53-42-18-10-7-15-35(42)41-26-33(27-46(54)51(41)53)32-21-24-49-39(25-32)36-16-8-11-19-47(36)55-49/h4-30H,1-3H3. The van der Waals surface area contributed by atoms with Gasteiger partial charge in [-0.15, -0.1) is 22.7 Å². The van der Waals surface area contributed by atoms with Crippen LogP contribution in [-0.2, 0) is 5.41 Å². The molecule has 0 saturated carbocycles. The van der Waals surface area contributed by atoms with E-state index in [1.165, 1.54) is 113 Å². The summed E-state index contributed by atoms with van der Waals surface area (Å²) in [5, 5.41) is 5.30. The maximum absolute atomic E-state index is 2.62. The van der Waals surface area contributed by atoms with Crippen LogP contribution in [0.2, 0.25) is 0 Å². The SMILES string of the molecule is CC(C)(C)c1ccc(N2c3cc4c(cc3B3c5ccccc5-c5cc(-c6ccc7sc8ccccc8c7c6)cc2c53)sc2ccccc24)c(-c2ccccc2)c1. The van der Waals surface area contributed by atoms with Crippen LogP contribution in [-0.4, -0.2) is 6.71 Å². The first-order chi connectivity index (χ1) is 27.4. The number of anilines is 3. The zero-order valence-corrected chi connectivity index (χ0v) is 33.1. The van der Waals surface area contributed by atoms with Crippen molar-refractivity contribution >= 4 is 103 Å². The zero-order valence-electron chi connectivity index (χ0n) is 31.4. The summed E-state index contributed by atoms with van der Waals surface area (Å²) < 4.78 is 5.35. The number of benzene rings is 8. The van der Waals surface area contributed by atoms with Crippen LogP contribution in [0.15, 0.2) is 164 Å². The Hall–Kier alpha value is -5.94. The lowest BCUT2D eigenvalue weighted by Crippen LogP contribution is -2.54. The topological polar surface area (TPSA) is 3.24 Å². The molecule has 0 radical (unpaired) electrons. The quantitative estimate of drug-likeness (QED) is 0.163. The predicted molar refractivity (Wildman–Crippen MR) is 247 cm³/mol. The largest absolute Gasteiger partial charge is 0.311 e. The molecule has 10 aromatic rings. The van der Waals surface area contributed by atoms with E-state index in [-0.39, 0.29) is 12.1 Å². The van der Waals surface area contributed by atoms with E-state index in [2.05, 4.69) is 189 Å². The highest BCUT2D eigenvalue weighted by Crippen LogP contribution is 2.49. The fourth-order valence-electron chi connectivity index (χ4n) is 9.53. The van der Waals surface area contributed by atoms with E-state index in [1.807, 2.05) is 22.7 Å². The molecule has 2 aliphatic heterocycles. The Kier molecular flexibility index (Phi) is 6.80. The molecule has 0 fully saturated rings. The first-order valence-electron chi connectivity index (χ1n) is 19.5. The van der Waals surface area contributed by atoms with Gasteiger partial charge < -0.3 is 4.90 Å². The van der Waals surface area contributed by atoms with Gasteiger partial charge in [0.1, 0.15) is 0 Å². The Morgan fingerprint density at radius 1 is 0.411 bits per heavy atom. The van der Waals surface area contributed by atoms with Crippen LogP contribution >= 0.6 is 22.7 Å².